The highest BCUT2D eigenvalue weighted by atomic mass is 16.7. The van der Waals surface area contributed by atoms with Crippen molar-refractivity contribution in [3.05, 3.63) is 48.2 Å². The number of hydrogen-bond acceptors (Lipinski definition) is 4. The fourth-order valence-electron chi connectivity index (χ4n) is 5.88. The second kappa shape index (κ2) is 36.5. The molecule has 1 rings (SSSR count). The predicted molar refractivity (Wildman–Crippen MR) is 198 cm³/mol. The molecule has 0 aliphatic carbocycles. The van der Waals surface area contributed by atoms with Crippen LogP contribution in [0.15, 0.2) is 42.7 Å². The van der Waals surface area contributed by atoms with Gasteiger partial charge in [0.05, 0.1) is 12.9 Å². The Bertz CT molecular complexity index is 700. The number of ether oxygens (including phenoxy) is 4. The van der Waals surface area contributed by atoms with Crippen LogP contribution in [0.5, 0.6) is 0 Å². The van der Waals surface area contributed by atoms with Crippen molar-refractivity contribution < 1.29 is 18.9 Å². The molecule has 0 fully saturated rings. The van der Waals surface area contributed by atoms with Crippen molar-refractivity contribution in [2.45, 2.75) is 200 Å². The van der Waals surface area contributed by atoms with Crippen LogP contribution in [-0.4, -0.2) is 26.3 Å². The van der Waals surface area contributed by atoms with Gasteiger partial charge in [-0.1, -0.05) is 179 Å². The molecule has 0 saturated heterocycles. The summed E-state index contributed by atoms with van der Waals surface area (Å²) < 4.78 is 23.5. The van der Waals surface area contributed by atoms with Gasteiger partial charge >= 0.3 is 0 Å². The minimum atomic E-state index is 0.00960. The van der Waals surface area contributed by atoms with E-state index in [1.54, 1.807) is 6.26 Å². The van der Waals surface area contributed by atoms with E-state index >= 15 is 0 Å². The van der Waals surface area contributed by atoms with E-state index in [-0.39, 0.29) is 6.29 Å². The maximum atomic E-state index is 6.26. The van der Waals surface area contributed by atoms with Gasteiger partial charge in [-0.15, -0.1) is 0 Å². The van der Waals surface area contributed by atoms with Crippen molar-refractivity contribution in [1.82, 2.24) is 0 Å². The summed E-state index contributed by atoms with van der Waals surface area (Å²) in [5.41, 5.74) is 1.17. The van der Waals surface area contributed by atoms with Crippen LogP contribution in [0.2, 0.25) is 0 Å². The minimum Gasteiger partial charge on any atom is -0.475 e. The molecule has 4 nitrogen and oxygen atoms in total. The van der Waals surface area contributed by atoms with Crippen molar-refractivity contribution in [3.63, 3.8) is 0 Å². The van der Waals surface area contributed by atoms with Gasteiger partial charge in [0, 0.05) is 13.2 Å². The summed E-state index contributed by atoms with van der Waals surface area (Å²) in [6.07, 6.45) is 39.4. The Morgan fingerprint density at radius 3 is 1.50 bits per heavy atom. The summed E-state index contributed by atoms with van der Waals surface area (Å²) in [6.45, 7) is 7.21. The lowest BCUT2D eigenvalue weighted by atomic mass is 10.1. The van der Waals surface area contributed by atoms with E-state index in [4.69, 9.17) is 18.9 Å². The van der Waals surface area contributed by atoms with Crippen LogP contribution >= 0.6 is 0 Å². The highest BCUT2D eigenvalue weighted by molar-refractivity contribution is 5.13. The summed E-state index contributed by atoms with van der Waals surface area (Å²) >= 11 is 0. The molecule has 0 amide bonds. The van der Waals surface area contributed by atoms with Crippen LogP contribution < -0.4 is 0 Å². The second-order valence-electron chi connectivity index (χ2n) is 13.4. The number of benzene rings is 1. The Morgan fingerprint density at radius 1 is 0.522 bits per heavy atom. The first kappa shape index (κ1) is 42.7. The first-order chi connectivity index (χ1) is 22.9. The molecule has 0 unspecified atom stereocenters. The molecule has 0 saturated carbocycles. The quantitative estimate of drug-likeness (QED) is 0.0410. The van der Waals surface area contributed by atoms with Crippen molar-refractivity contribution in [1.29, 1.82) is 0 Å². The number of hydrogen-bond donors (Lipinski definition) is 0. The van der Waals surface area contributed by atoms with Gasteiger partial charge in [0.2, 0.25) is 0 Å². The number of rotatable bonds is 37. The average molecular weight is 645 g/mol. The molecule has 0 bridgehead atoms. The molecule has 0 spiro atoms. The third-order valence-corrected chi connectivity index (χ3v) is 8.87. The smallest absolute Gasteiger partial charge is 0.188 e. The lowest BCUT2D eigenvalue weighted by molar-refractivity contribution is -0.148. The van der Waals surface area contributed by atoms with Gasteiger partial charge in [0.25, 0.3) is 0 Å². The summed E-state index contributed by atoms with van der Waals surface area (Å²) in [4.78, 5) is 0. The molecule has 4 heteroatoms. The first-order valence-corrected chi connectivity index (χ1v) is 20.0. The standard InChI is InChI=1S/C42H76O4/c1-3-5-7-9-11-20-24-31-37-45-42(46-38-32-25-21-12-10-8-6-4-2)35-29-22-18-16-14-13-15-17-19-23-30-36-43-40-44-39-41-33-27-26-28-34-41/h26-28,30,33-34,36,42H,3-25,29,31-32,35,37-40H2,1-2H3. The van der Waals surface area contributed by atoms with Gasteiger partial charge in [-0.25, -0.2) is 0 Å². The Morgan fingerprint density at radius 2 is 0.978 bits per heavy atom. The normalized spacial score (nSPS) is 11.7. The SMILES string of the molecule is CCCCCCCCCCOC(CCCCCCCCCCCC=COCOCc1ccccc1)OCCCCCCCCCC. The molecular formula is C42H76O4. The molecule has 46 heavy (non-hydrogen) atoms. The summed E-state index contributed by atoms with van der Waals surface area (Å²) in [6, 6.07) is 10.2. The van der Waals surface area contributed by atoms with Crippen LogP contribution in [0, 0.1) is 0 Å². The van der Waals surface area contributed by atoms with E-state index in [2.05, 4.69) is 32.1 Å². The summed E-state index contributed by atoms with van der Waals surface area (Å²) in [5, 5.41) is 0. The zero-order valence-corrected chi connectivity index (χ0v) is 30.7. The Kier molecular flexibility index (Phi) is 33.8. The fourth-order valence-corrected chi connectivity index (χ4v) is 5.88. The van der Waals surface area contributed by atoms with E-state index in [1.165, 1.54) is 166 Å². The topological polar surface area (TPSA) is 36.9 Å². The highest BCUT2D eigenvalue weighted by Gasteiger charge is 2.09. The van der Waals surface area contributed by atoms with Gasteiger partial charge in [-0.2, -0.15) is 0 Å². The van der Waals surface area contributed by atoms with Crippen molar-refractivity contribution in [2.24, 2.45) is 0 Å². The van der Waals surface area contributed by atoms with Crippen LogP contribution in [-0.2, 0) is 25.6 Å². The van der Waals surface area contributed by atoms with Crippen LogP contribution in [0.1, 0.15) is 193 Å². The van der Waals surface area contributed by atoms with Crippen molar-refractivity contribution >= 4 is 0 Å². The van der Waals surface area contributed by atoms with Gasteiger partial charge in [0.15, 0.2) is 13.1 Å². The molecule has 268 valence electrons. The van der Waals surface area contributed by atoms with Crippen LogP contribution in [0.4, 0.5) is 0 Å². The maximum absolute atomic E-state index is 6.26. The molecule has 1 aromatic carbocycles. The number of unbranched alkanes of at least 4 members (excludes halogenated alkanes) is 23. The molecule has 0 radical (unpaired) electrons. The van der Waals surface area contributed by atoms with E-state index in [9.17, 15) is 0 Å². The summed E-state index contributed by atoms with van der Waals surface area (Å²) in [7, 11) is 0. The van der Waals surface area contributed by atoms with Crippen molar-refractivity contribution in [2.75, 3.05) is 20.0 Å². The van der Waals surface area contributed by atoms with Gasteiger partial charge in [0.1, 0.15) is 0 Å². The lowest BCUT2D eigenvalue weighted by Gasteiger charge is -2.19. The van der Waals surface area contributed by atoms with Gasteiger partial charge in [-0.3, -0.25) is 0 Å². The third-order valence-electron chi connectivity index (χ3n) is 8.87. The average Bonchev–Trinajstić information content (AvgIpc) is 3.08. The van der Waals surface area contributed by atoms with E-state index < -0.39 is 0 Å². The largest absolute Gasteiger partial charge is 0.475 e. The molecule has 0 aliphatic heterocycles. The Labute approximate surface area is 286 Å². The molecule has 1 aromatic rings. The molecular weight excluding hydrogens is 568 g/mol. The van der Waals surface area contributed by atoms with Crippen LogP contribution in [0.3, 0.4) is 0 Å². The molecule has 0 aliphatic rings. The molecule has 0 N–H and O–H groups in total. The fraction of sp³-hybridized carbons (Fsp3) is 0.810. The molecule has 0 aromatic heterocycles. The second-order valence-corrected chi connectivity index (χ2v) is 13.4. The van der Waals surface area contributed by atoms with E-state index in [0.717, 1.165) is 26.1 Å². The summed E-state index contributed by atoms with van der Waals surface area (Å²) in [5.74, 6) is 0. The zero-order valence-electron chi connectivity index (χ0n) is 30.7. The lowest BCUT2D eigenvalue weighted by Crippen LogP contribution is -2.19. The molecule has 0 heterocycles. The molecule has 0 atom stereocenters. The monoisotopic (exact) mass is 645 g/mol. The highest BCUT2D eigenvalue weighted by Crippen LogP contribution is 2.16. The Hall–Kier alpha value is -1.36. The third kappa shape index (κ3) is 31.3. The van der Waals surface area contributed by atoms with E-state index in [0.29, 0.717) is 13.4 Å². The Balaban J connectivity index is 2.00. The predicted octanol–water partition coefficient (Wildman–Crippen LogP) is 13.6. The van der Waals surface area contributed by atoms with Gasteiger partial charge < -0.3 is 18.9 Å². The minimum absolute atomic E-state index is 0.00960. The van der Waals surface area contributed by atoms with E-state index in [1.807, 2.05) is 18.2 Å². The van der Waals surface area contributed by atoms with Crippen molar-refractivity contribution in [3.8, 4) is 0 Å². The van der Waals surface area contributed by atoms with Crippen LogP contribution in [0.25, 0.3) is 0 Å². The number of allylic oxidation sites excluding steroid dienone is 1. The van der Waals surface area contributed by atoms with Gasteiger partial charge in [-0.05, 0) is 50.2 Å². The maximum Gasteiger partial charge on any atom is 0.188 e. The first-order valence-electron chi connectivity index (χ1n) is 20.0. The zero-order chi connectivity index (χ0) is 32.9.